The van der Waals surface area contributed by atoms with E-state index in [1.807, 2.05) is 18.2 Å². The highest BCUT2D eigenvalue weighted by molar-refractivity contribution is 5.80. The molecule has 0 unspecified atom stereocenters. The van der Waals surface area contributed by atoms with Gasteiger partial charge in [0.05, 0.1) is 6.61 Å². The number of nitrogens with one attached hydrogen (secondary N) is 1. The van der Waals surface area contributed by atoms with Gasteiger partial charge >= 0.3 is 0 Å². The topological polar surface area (TPSA) is 42.1 Å². The number of H-pyrrole nitrogens is 1. The minimum Gasteiger partial charge on any atom is -0.467 e. The van der Waals surface area contributed by atoms with E-state index in [2.05, 4.69) is 21.9 Å². The van der Waals surface area contributed by atoms with Gasteiger partial charge in [0.1, 0.15) is 0 Å². The summed E-state index contributed by atoms with van der Waals surface area (Å²) < 4.78 is 4.63. The summed E-state index contributed by atoms with van der Waals surface area (Å²) in [4.78, 5) is 13.2. The Balaban J connectivity index is 2.14. The Morgan fingerprint density at radius 1 is 1.36 bits per heavy atom. The Morgan fingerprint density at radius 2 is 2.21 bits per heavy atom. The maximum Gasteiger partial charge on any atom is 0.293 e. The second-order valence-corrected chi connectivity index (χ2v) is 3.10. The maximum absolute atomic E-state index is 9.93. The van der Waals surface area contributed by atoms with Crippen LogP contribution in [0, 0.1) is 0 Å². The van der Waals surface area contributed by atoms with E-state index in [-0.39, 0.29) is 0 Å². The monoisotopic (exact) mass is 189 g/mol. The van der Waals surface area contributed by atoms with Crippen molar-refractivity contribution in [1.82, 2.24) is 4.98 Å². The lowest BCUT2D eigenvalue weighted by atomic mass is 10.2. The van der Waals surface area contributed by atoms with Gasteiger partial charge in [0, 0.05) is 17.6 Å². The van der Waals surface area contributed by atoms with Crippen LogP contribution >= 0.6 is 0 Å². The van der Waals surface area contributed by atoms with Crippen molar-refractivity contribution in [2.24, 2.45) is 0 Å². The third-order valence-electron chi connectivity index (χ3n) is 2.14. The lowest BCUT2D eigenvalue weighted by Gasteiger charge is -1.94. The minimum absolute atomic E-state index is 0.427. The van der Waals surface area contributed by atoms with Crippen molar-refractivity contribution in [1.29, 1.82) is 0 Å². The van der Waals surface area contributed by atoms with Crippen LogP contribution in [0.5, 0.6) is 0 Å². The zero-order valence-electron chi connectivity index (χ0n) is 7.69. The van der Waals surface area contributed by atoms with Gasteiger partial charge in [0.2, 0.25) is 0 Å². The van der Waals surface area contributed by atoms with E-state index in [9.17, 15) is 4.79 Å². The Kier molecular flexibility index (Phi) is 2.49. The Morgan fingerprint density at radius 3 is 3.00 bits per heavy atom. The molecular weight excluding hydrogens is 178 g/mol. The van der Waals surface area contributed by atoms with Crippen LogP contribution in [0.2, 0.25) is 0 Å². The molecule has 3 heteroatoms. The molecule has 0 spiro atoms. The van der Waals surface area contributed by atoms with E-state index in [0.29, 0.717) is 13.1 Å². The smallest absolute Gasteiger partial charge is 0.293 e. The third-order valence-corrected chi connectivity index (χ3v) is 2.14. The van der Waals surface area contributed by atoms with Crippen LogP contribution in [-0.4, -0.2) is 18.1 Å². The lowest BCUT2D eigenvalue weighted by molar-refractivity contribution is -0.128. The first-order chi connectivity index (χ1) is 6.90. The van der Waals surface area contributed by atoms with Gasteiger partial charge in [-0.3, -0.25) is 4.79 Å². The predicted octanol–water partition coefficient (Wildman–Crippen LogP) is 1.88. The zero-order chi connectivity index (χ0) is 9.80. The van der Waals surface area contributed by atoms with Gasteiger partial charge in [-0.1, -0.05) is 18.2 Å². The summed E-state index contributed by atoms with van der Waals surface area (Å²) in [7, 11) is 0. The average molecular weight is 189 g/mol. The van der Waals surface area contributed by atoms with Gasteiger partial charge in [-0.25, -0.2) is 0 Å². The molecule has 0 aliphatic carbocycles. The molecule has 0 bridgehead atoms. The van der Waals surface area contributed by atoms with Crippen LogP contribution in [-0.2, 0) is 16.0 Å². The van der Waals surface area contributed by atoms with Gasteiger partial charge in [0.25, 0.3) is 6.47 Å². The van der Waals surface area contributed by atoms with Crippen LogP contribution in [0.25, 0.3) is 10.9 Å². The number of carbonyl (C=O) groups excluding carboxylic acids is 1. The summed E-state index contributed by atoms with van der Waals surface area (Å²) in [6.07, 6.45) is 0.730. The number of carbonyl (C=O) groups is 1. The van der Waals surface area contributed by atoms with Crippen LogP contribution in [0.4, 0.5) is 0 Å². The number of ether oxygens (including phenoxy) is 1. The van der Waals surface area contributed by atoms with Gasteiger partial charge in [-0.2, -0.15) is 0 Å². The molecule has 0 aliphatic heterocycles. The Hall–Kier alpha value is -1.77. The van der Waals surface area contributed by atoms with Gasteiger partial charge < -0.3 is 9.72 Å². The first kappa shape index (κ1) is 8.81. The van der Waals surface area contributed by atoms with Crippen molar-refractivity contribution in [2.75, 3.05) is 6.61 Å². The van der Waals surface area contributed by atoms with Gasteiger partial charge in [0.15, 0.2) is 0 Å². The minimum atomic E-state index is 0.427. The maximum atomic E-state index is 9.93. The molecule has 0 fully saturated rings. The number of hydrogen-bond acceptors (Lipinski definition) is 2. The summed E-state index contributed by atoms with van der Waals surface area (Å²) in [5.74, 6) is 0. The van der Waals surface area contributed by atoms with Crippen LogP contribution in [0.3, 0.4) is 0 Å². The molecule has 1 aromatic heterocycles. The number of aromatic amines is 1. The molecule has 0 saturated carbocycles. The molecule has 1 N–H and O–H groups in total. The normalized spacial score (nSPS) is 10.3. The van der Waals surface area contributed by atoms with Crippen molar-refractivity contribution in [3.8, 4) is 0 Å². The van der Waals surface area contributed by atoms with E-state index < -0.39 is 0 Å². The number of rotatable bonds is 4. The quantitative estimate of drug-likeness (QED) is 0.589. The molecule has 0 aliphatic rings. The molecule has 0 atom stereocenters. The van der Waals surface area contributed by atoms with Crippen molar-refractivity contribution in [3.05, 3.63) is 36.0 Å². The van der Waals surface area contributed by atoms with E-state index in [0.717, 1.165) is 17.6 Å². The van der Waals surface area contributed by atoms with E-state index in [4.69, 9.17) is 0 Å². The highest BCUT2D eigenvalue weighted by Crippen LogP contribution is 2.14. The molecular formula is C11H11NO2. The standard InChI is InChI=1S/C11H11NO2/c13-8-14-6-5-10-7-9-3-1-2-4-11(9)12-10/h1-4,7-8,12H,5-6H2. The molecule has 3 nitrogen and oxygen atoms in total. The molecule has 0 saturated heterocycles. The largest absolute Gasteiger partial charge is 0.467 e. The SMILES string of the molecule is O=COCCc1cc2ccccc2[nH]1. The second-order valence-electron chi connectivity index (χ2n) is 3.10. The zero-order valence-corrected chi connectivity index (χ0v) is 7.69. The molecule has 2 rings (SSSR count). The van der Waals surface area contributed by atoms with Gasteiger partial charge in [-0.15, -0.1) is 0 Å². The third kappa shape index (κ3) is 1.76. The van der Waals surface area contributed by atoms with E-state index in [1.54, 1.807) is 0 Å². The summed E-state index contributed by atoms with van der Waals surface area (Å²) >= 11 is 0. The molecule has 1 heterocycles. The first-order valence-electron chi connectivity index (χ1n) is 4.52. The fraction of sp³-hybridized carbons (Fsp3) is 0.182. The molecule has 1 aromatic carbocycles. The van der Waals surface area contributed by atoms with Crippen LogP contribution in [0.1, 0.15) is 5.69 Å². The summed E-state index contributed by atoms with van der Waals surface area (Å²) in [5.41, 5.74) is 2.21. The predicted molar refractivity (Wildman–Crippen MR) is 54.0 cm³/mol. The highest BCUT2D eigenvalue weighted by Gasteiger charge is 1.99. The average Bonchev–Trinajstić information content (AvgIpc) is 2.60. The van der Waals surface area contributed by atoms with Crippen LogP contribution < -0.4 is 0 Å². The number of hydrogen-bond donors (Lipinski definition) is 1. The van der Waals surface area contributed by atoms with E-state index in [1.165, 1.54) is 5.39 Å². The summed E-state index contributed by atoms with van der Waals surface area (Å²) in [5, 5.41) is 1.19. The molecule has 14 heavy (non-hydrogen) atoms. The molecule has 0 amide bonds. The van der Waals surface area contributed by atoms with Crippen molar-refractivity contribution in [3.63, 3.8) is 0 Å². The number of benzene rings is 1. The fourth-order valence-electron chi connectivity index (χ4n) is 1.49. The summed E-state index contributed by atoms with van der Waals surface area (Å²) in [6, 6.07) is 10.1. The number of aromatic nitrogens is 1. The molecule has 2 aromatic rings. The summed E-state index contributed by atoms with van der Waals surface area (Å²) in [6.45, 7) is 0.902. The number of fused-ring (bicyclic) bond motifs is 1. The second kappa shape index (κ2) is 3.96. The fourth-order valence-corrected chi connectivity index (χ4v) is 1.49. The lowest BCUT2D eigenvalue weighted by Crippen LogP contribution is -1.96. The van der Waals surface area contributed by atoms with Crippen molar-refractivity contribution >= 4 is 17.4 Å². The molecule has 0 radical (unpaired) electrons. The number of para-hydroxylation sites is 1. The Bertz CT molecular complexity index is 401. The van der Waals surface area contributed by atoms with Crippen molar-refractivity contribution in [2.45, 2.75) is 6.42 Å². The van der Waals surface area contributed by atoms with Gasteiger partial charge in [-0.05, 0) is 17.5 Å². The Labute approximate surface area is 81.7 Å². The molecule has 72 valence electrons. The van der Waals surface area contributed by atoms with E-state index >= 15 is 0 Å². The first-order valence-corrected chi connectivity index (χ1v) is 4.52. The van der Waals surface area contributed by atoms with Crippen LogP contribution in [0.15, 0.2) is 30.3 Å². The van der Waals surface area contributed by atoms with Crippen molar-refractivity contribution < 1.29 is 9.53 Å². The highest BCUT2D eigenvalue weighted by atomic mass is 16.5.